The van der Waals surface area contributed by atoms with Crippen molar-refractivity contribution in [3.8, 4) is 0 Å². The summed E-state index contributed by atoms with van der Waals surface area (Å²) >= 11 is 0. The van der Waals surface area contributed by atoms with Crippen LogP contribution in [-0.4, -0.2) is 47.7 Å². The van der Waals surface area contributed by atoms with Gasteiger partial charge in [-0.3, -0.25) is 9.59 Å². The van der Waals surface area contributed by atoms with Crippen LogP contribution in [0.5, 0.6) is 0 Å². The fraction of sp³-hybridized carbons (Fsp3) is 0.500. The predicted molar refractivity (Wildman–Crippen MR) is 61.2 cm³/mol. The second kappa shape index (κ2) is 5.68. The Bertz CT molecular complexity index is 414. The van der Waals surface area contributed by atoms with Crippen molar-refractivity contribution in [1.29, 1.82) is 0 Å². The number of morpholine rings is 1. The number of carbonyl (C=O) groups excluding carboxylic acids is 1. The summed E-state index contributed by atoms with van der Waals surface area (Å²) < 4.78 is 10.5. The minimum Gasteiger partial charge on any atom is -0.481 e. The van der Waals surface area contributed by atoms with Crippen molar-refractivity contribution in [2.75, 3.05) is 19.7 Å². The third-order valence-electron chi connectivity index (χ3n) is 2.84. The smallest absolute Gasteiger partial charge is 0.303 e. The van der Waals surface area contributed by atoms with Crippen molar-refractivity contribution in [3.63, 3.8) is 0 Å². The number of rotatable bonds is 4. The van der Waals surface area contributed by atoms with E-state index in [-0.39, 0.29) is 18.4 Å². The summed E-state index contributed by atoms with van der Waals surface area (Å²) in [5.74, 6) is -0.731. The lowest BCUT2D eigenvalue weighted by molar-refractivity contribution is -0.138. The van der Waals surface area contributed by atoms with Crippen molar-refractivity contribution >= 4 is 11.9 Å². The number of nitrogens with zero attached hydrogens (tertiary/aromatic N) is 1. The molecule has 1 aromatic heterocycles. The molecule has 98 valence electrons. The van der Waals surface area contributed by atoms with Gasteiger partial charge in [0.15, 0.2) is 5.76 Å². The van der Waals surface area contributed by atoms with E-state index in [0.29, 0.717) is 31.9 Å². The van der Waals surface area contributed by atoms with Crippen LogP contribution in [0.15, 0.2) is 22.8 Å². The van der Waals surface area contributed by atoms with E-state index in [4.69, 9.17) is 14.3 Å². The van der Waals surface area contributed by atoms with Crippen LogP contribution in [0.1, 0.15) is 23.4 Å². The molecule has 0 radical (unpaired) electrons. The summed E-state index contributed by atoms with van der Waals surface area (Å²) in [7, 11) is 0. The SMILES string of the molecule is O=C(O)CCC1CN(C(=O)c2ccco2)CCO1. The molecule has 1 atom stereocenters. The lowest BCUT2D eigenvalue weighted by atomic mass is 10.1. The van der Waals surface area contributed by atoms with Crippen molar-refractivity contribution in [2.45, 2.75) is 18.9 Å². The Morgan fingerprint density at radius 1 is 1.50 bits per heavy atom. The molecule has 1 fully saturated rings. The first-order valence-electron chi connectivity index (χ1n) is 5.83. The van der Waals surface area contributed by atoms with Gasteiger partial charge >= 0.3 is 5.97 Å². The maximum absolute atomic E-state index is 12.0. The average Bonchev–Trinajstić information content (AvgIpc) is 2.89. The molecule has 0 aliphatic carbocycles. The van der Waals surface area contributed by atoms with E-state index >= 15 is 0 Å². The van der Waals surface area contributed by atoms with Crippen molar-refractivity contribution in [2.24, 2.45) is 0 Å². The van der Waals surface area contributed by atoms with Crippen LogP contribution in [0, 0.1) is 0 Å². The molecule has 0 saturated carbocycles. The van der Waals surface area contributed by atoms with Gasteiger partial charge in [0.05, 0.1) is 19.0 Å². The van der Waals surface area contributed by atoms with Gasteiger partial charge in [-0.25, -0.2) is 0 Å². The van der Waals surface area contributed by atoms with Gasteiger partial charge in [0.1, 0.15) is 0 Å². The van der Waals surface area contributed by atoms with Crippen LogP contribution < -0.4 is 0 Å². The van der Waals surface area contributed by atoms with E-state index < -0.39 is 5.97 Å². The van der Waals surface area contributed by atoms with Crippen molar-refractivity contribution in [3.05, 3.63) is 24.2 Å². The summed E-state index contributed by atoms with van der Waals surface area (Å²) in [4.78, 5) is 24.1. The van der Waals surface area contributed by atoms with Crippen LogP contribution in [0.25, 0.3) is 0 Å². The first-order chi connectivity index (χ1) is 8.66. The molecule has 1 aliphatic rings. The highest BCUT2D eigenvalue weighted by Gasteiger charge is 2.26. The highest BCUT2D eigenvalue weighted by atomic mass is 16.5. The largest absolute Gasteiger partial charge is 0.481 e. The van der Waals surface area contributed by atoms with Gasteiger partial charge in [-0.1, -0.05) is 0 Å². The standard InChI is InChI=1S/C12H15NO5/c14-11(15)4-3-9-8-13(5-7-17-9)12(16)10-2-1-6-18-10/h1-2,6,9H,3-5,7-8H2,(H,14,15). The molecule has 6 nitrogen and oxygen atoms in total. The van der Waals surface area contributed by atoms with Crippen LogP contribution >= 0.6 is 0 Å². The fourth-order valence-electron chi connectivity index (χ4n) is 1.92. The molecule has 0 aromatic carbocycles. The topological polar surface area (TPSA) is 80.0 Å². The van der Waals surface area contributed by atoms with Crippen LogP contribution in [-0.2, 0) is 9.53 Å². The Balaban J connectivity index is 1.90. The molecule has 0 spiro atoms. The molecule has 1 saturated heterocycles. The predicted octanol–water partition coefficient (Wildman–Crippen LogP) is 0.985. The molecule has 0 bridgehead atoms. The Hall–Kier alpha value is -1.82. The minimum absolute atomic E-state index is 0.0491. The lowest BCUT2D eigenvalue weighted by Gasteiger charge is -2.32. The number of hydrogen-bond acceptors (Lipinski definition) is 4. The zero-order valence-corrected chi connectivity index (χ0v) is 9.87. The van der Waals surface area contributed by atoms with Crippen LogP contribution in [0.2, 0.25) is 0 Å². The summed E-state index contributed by atoms with van der Waals surface area (Å²) in [6.07, 6.45) is 1.70. The Morgan fingerprint density at radius 2 is 2.33 bits per heavy atom. The van der Waals surface area contributed by atoms with Gasteiger partial charge in [-0.15, -0.1) is 0 Å². The Kier molecular flexibility index (Phi) is 3.99. The lowest BCUT2D eigenvalue weighted by Crippen LogP contribution is -2.45. The number of ether oxygens (including phenoxy) is 1. The van der Waals surface area contributed by atoms with E-state index in [0.717, 1.165) is 0 Å². The molecule has 1 aliphatic heterocycles. The Morgan fingerprint density at radius 3 is 3.00 bits per heavy atom. The number of carboxylic acid groups (broad SMARTS) is 1. The normalized spacial score (nSPS) is 19.8. The first-order valence-corrected chi connectivity index (χ1v) is 5.83. The number of amides is 1. The number of hydrogen-bond donors (Lipinski definition) is 1. The van der Waals surface area contributed by atoms with Crippen LogP contribution in [0.4, 0.5) is 0 Å². The van der Waals surface area contributed by atoms with E-state index in [1.54, 1.807) is 17.0 Å². The van der Waals surface area contributed by atoms with Crippen molar-refractivity contribution < 1.29 is 23.8 Å². The van der Waals surface area contributed by atoms with E-state index in [9.17, 15) is 9.59 Å². The van der Waals surface area contributed by atoms with E-state index in [1.165, 1.54) is 6.26 Å². The van der Waals surface area contributed by atoms with Crippen molar-refractivity contribution in [1.82, 2.24) is 4.90 Å². The zero-order valence-electron chi connectivity index (χ0n) is 9.87. The summed E-state index contributed by atoms with van der Waals surface area (Å²) in [5, 5.41) is 8.62. The maximum atomic E-state index is 12.0. The molecule has 18 heavy (non-hydrogen) atoms. The molecule has 1 amide bonds. The average molecular weight is 253 g/mol. The number of carboxylic acids is 1. The summed E-state index contributed by atoms with van der Waals surface area (Å²) in [6.45, 7) is 1.34. The third-order valence-corrected chi connectivity index (χ3v) is 2.84. The van der Waals surface area contributed by atoms with Gasteiger partial charge in [0, 0.05) is 19.5 Å². The number of furan rings is 1. The van der Waals surface area contributed by atoms with E-state index in [2.05, 4.69) is 0 Å². The highest BCUT2D eigenvalue weighted by molar-refractivity contribution is 5.91. The molecule has 1 N–H and O–H groups in total. The summed E-state index contributed by atoms with van der Waals surface area (Å²) in [5.41, 5.74) is 0. The number of carbonyl (C=O) groups is 2. The van der Waals surface area contributed by atoms with Gasteiger partial charge in [0.2, 0.25) is 0 Å². The molecule has 1 aromatic rings. The monoisotopic (exact) mass is 253 g/mol. The second-order valence-corrected chi connectivity index (χ2v) is 4.15. The minimum atomic E-state index is -0.854. The molecule has 2 rings (SSSR count). The van der Waals surface area contributed by atoms with Gasteiger partial charge in [-0.05, 0) is 18.6 Å². The van der Waals surface area contributed by atoms with Gasteiger partial charge in [-0.2, -0.15) is 0 Å². The fourth-order valence-corrected chi connectivity index (χ4v) is 1.92. The second-order valence-electron chi connectivity index (χ2n) is 4.15. The zero-order chi connectivity index (χ0) is 13.0. The van der Waals surface area contributed by atoms with E-state index in [1.807, 2.05) is 0 Å². The molecular weight excluding hydrogens is 238 g/mol. The van der Waals surface area contributed by atoms with Crippen LogP contribution in [0.3, 0.4) is 0 Å². The molecular formula is C12H15NO5. The molecule has 6 heteroatoms. The van der Waals surface area contributed by atoms with Gasteiger partial charge < -0.3 is 19.2 Å². The highest BCUT2D eigenvalue weighted by Crippen LogP contribution is 2.14. The maximum Gasteiger partial charge on any atom is 0.303 e. The number of aliphatic carboxylic acids is 1. The Labute approximate surface area is 104 Å². The van der Waals surface area contributed by atoms with Gasteiger partial charge in [0.25, 0.3) is 5.91 Å². The first kappa shape index (κ1) is 12.6. The molecule has 2 heterocycles. The quantitative estimate of drug-likeness (QED) is 0.865. The summed E-state index contributed by atoms with van der Waals surface area (Å²) in [6, 6.07) is 3.28. The molecule has 1 unspecified atom stereocenters. The third kappa shape index (κ3) is 3.10.